The Morgan fingerprint density at radius 1 is 1.32 bits per heavy atom. The Morgan fingerprint density at radius 2 is 2.00 bits per heavy atom. The van der Waals surface area contributed by atoms with Crippen molar-refractivity contribution in [3.63, 3.8) is 0 Å². The van der Waals surface area contributed by atoms with Gasteiger partial charge in [0.25, 0.3) is 0 Å². The summed E-state index contributed by atoms with van der Waals surface area (Å²) in [5, 5.41) is 0. The molecule has 0 aromatic carbocycles. The molecule has 1 saturated heterocycles. The van der Waals surface area contributed by atoms with Gasteiger partial charge in [0.2, 0.25) is 0 Å². The van der Waals surface area contributed by atoms with Gasteiger partial charge in [0.05, 0.1) is 6.61 Å². The fraction of sp³-hybridized carbons (Fsp3) is 0.929. The van der Waals surface area contributed by atoms with E-state index < -0.39 is 5.60 Å². The van der Waals surface area contributed by atoms with Gasteiger partial charge in [-0.2, -0.15) is 0 Å². The van der Waals surface area contributed by atoms with Crippen molar-refractivity contribution in [1.82, 2.24) is 4.90 Å². The summed E-state index contributed by atoms with van der Waals surface area (Å²) in [6.45, 7) is 7.70. The van der Waals surface area contributed by atoms with Gasteiger partial charge >= 0.3 is 6.09 Å². The summed E-state index contributed by atoms with van der Waals surface area (Å²) < 4.78 is 5.44. The maximum atomic E-state index is 12.1. The third kappa shape index (κ3) is 3.60. The van der Waals surface area contributed by atoms with Crippen molar-refractivity contribution in [2.45, 2.75) is 45.6 Å². The average molecular weight is 270 g/mol. The first-order chi connectivity index (χ1) is 8.90. The summed E-state index contributed by atoms with van der Waals surface area (Å²) >= 11 is 0. The number of amides is 1. The molecule has 1 amide bonds. The number of hydrogen-bond acceptors (Lipinski definition) is 4. The minimum Gasteiger partial charge on any atom is -0.444 e. The van der Waals surface area contributed by atoms with Crippen LogP contribution in [-0.2, 0) is 9.57 Å². The minimum absolute atomic E-state index is 0.212. The molecule has 2 rings (SSSR count). The second kappa shape index (κ2) is 5.67. The zero-order valence-electron chi connectivity index (χ0n) is 12.2. The van der Waals surface area contributed by atoms with Gasteiger partial charge in [-0.3, -0.25) is 0 Å². The summed E-state index contributed by atoms with van der Waals surface area (Å²) in [4.78, 5) is 18.8. The molecule has 2 atom stereocenters. The second-order valence-corrected chi connectivity index (χ2v) is 6.83. The van der Waals surface area contributed by atoms with E-state index in [1.807, 2.05) is 25.7 Å². The van der Waals surface area contributed by atoms with Gasteiger partial charge in [0.15, 0.2) is 0 Å². The fourth-order valence-electron chi connectivity index (χ4n) is 3.07. The van der Waals surface area contributed by atoms with Crippen LogP contribution in [0.25, 0.3) is 0 Å². The van der Waals surface area contributed by atoms with E-state index in [0.29, 0.717) is 25.0 Å². The number of nitrogens with zero attached hydrogens (tertiary/aromatic N) is 1. The lowest BCUT2D eigenvalue weighted by Gasteiger charge is -2.34. The first-order valence-electron chi connectivity index (χ1n) is 7.20. The van der Waals surface area contributed by atoms with Crippen LogP contribution in [0.3, 0.4) is 0 Å². The van der Waals surface area contributed by atoms with Crippen LogP contribution in [0.5, 0.6) is 0 Å². The van der Waals surface area contributed by atoms with E-state index in [1.165, 1.54) is 19.3 Å². The van der Waals surface area contributed by atoms with Crippen molar-refractivity contribution in [1.29, 1.82) is 0 Å². The van der Waals surface area contributed by atoms with E-state index >= 15 is 0 Å². The Bertz CT molecular complexity index is 323. The molecule has 5 nitrogen and oxygen atoms in total. The lowest BCUT2D eigenvalue weighted by molar-refractivity contribution is 0.0272. The fourth-order valence-corrected chi connectivity index (χ4v) is 3.07. The van der Waals surface area contributed by atoms with E-state index in [1.54, 1.807) is 0 Å². The number of carbonyl (C=O) groups is 1. The molecule has 110 valence electrons. The van der Waals surface area contributed by atoms with E-state index in [0.717, 1.165) is 12.5 Å². The quantitative estimate of drug-likeness (QED) is 0.798. The third-order valence-corrected chi connectivity index (χ3v) is 4.21. The smallest absolute Gasteiger partial charge is 0.410 e. The monoisotopic (exact) mass is 270 g/mol. The van der Waals surface area contributed by atoms with Crippen molar-refractivity contribution in [3.8, 4) is 0 Å². The van der Waals surface area contributed by atoms with Crippen LogP contribution < -0.4 is 5.90 Å². The summed E-state index contributed by atoms with van der Waals surface area (Å²) in [5.74, 6) is 6.82. The number of carbonyl (C=O) groups excluding carboxylic acids is 1. The Balaban J connectivity index is 1.94. The Kier molecular flexibility index (Phi) is 4.36. The normalized spacial score (nSPS) is 28.3. The largest absolute Gasteiger partial charge is 0.444 e. The topological polar surface area (TPSA) is 64.8 Å². The molecule has 1 saturated carbocycles. The number of ether oxygens (including phenoxy) is 1. The highest BCUT2D eigenvalue weighted by molar-refractivity contribution is 5.68. The summed E-state index contributed by atoms with van der Waals surface area (Å²) in [6.07, 6.45) is 3.64. The highest BCUT2D eigenvalue weighted by atomic mass is 16.6. The average Bonchev–Trinajstić information content (AvgIpc) is 2.58. The highest BCUT2D eigenvalue weighted by Crippen LogP contribution is 2.41. The van der Waals surface area contributed by atoms with Crippen LogP contribution in [0, 0.1) is 17.8 Å². The van der Waals surface area contributed by atoms with E-state index in [-0.39, 0.29) is 6.09 Å². The first-order valence-corrected chi connectivity index (χ1v) is 7.20. The molecule has 1 aliphatic carbocycles. The zero-order valence-corrected chi connectivity index (χ0v) is 12.2. The predicted molar refractivity (Wildman–Crippen MR) is 72.3 cm³/mol. The lowest BCUT2D eigenvalue weighted by atomic mass is 9.72. The first kappa shape index (κ1) is 14.6. The van der Waals surface area contributed by atoms with Gasteiger partial charge in [0.1, 0.15) is 5.60 Å². The molecule has 2 aliphatic rings. The van der Waals surface area contributed by atoms with Crippen molar-refractivity contribution in [2.24, 2.45) is 23.7 Å². The molecule has 1 aliphatic heterocycles. The maximum Gasteiger partial charge on any atom is 0.410 e. The Labute approximate surface area is 115 Å². The van der Waals surface area contributed by atoms with Gasteiger partial charge in [-0.25, -0.2) is 10.7 Å². The van der Waals surface area contributed by atoms with Crippen LogP contribution in [0.4, 0.5) is 4.79 Å². The molecule has 5 heteroatoms. The van der Waals surface area contributed by atoms with E-state index in [2.05, 4.69) is 0 Å². The minimum atomic E-state index is -0.439. The van der Waals surface area contributed by atoms with Crippen LogP contribution in [-0.4, -0.2) is 36.3 Å². The third-order valence-electron chi connectivity index (χ3n) is 4.21. The van der Waals surface area contributed by atoms with Crippen molar-refractivity contribution >= 4 is 6.09 Å². The van der Waals surface area contributed by atoms with Crippen LogP contribution in [0.1, 0.15) is 40.0 Å². The molecule has 0 radical (unpaired) electrons. The van der Waals surface area contributed by atoms with Gasteiger partial charge in [-0.05, 0) is 32.6 Å². The summed E-state index contributed by atoms with van der Waals surface area (Å²) in [6, 6.07) is 0. The van der Waals surface area contributed by atoms with Crippen molar-refractivity contribution < 1.29 is 14.4 Å². The molecule has 2 unspecified atom stereocenters. The molecule has 0 bridgehead atoms. The second-order valence-electron chi connectivity index (χ2n) is 6.83. The molecule has 0 aromatic rings. The molecule has 1 heterocycles. The molecule has 0 aromatic heterocycles. The Morgan fingerprint density at radius 3 is 2.47 bits per heavy atom. The number of likely N-dealkylation sites (tertiary alicyclic amines) is 1. The predicted octanol–water partition coefficient (Wildman–Crippen LogP) is 2.16. The SMILES string of the molecule is CC(C)(C)OC(=O)N1CC(CON)C(C2CCC2)C1. The van der Waals surface area contributed by atoms with Gasteiger partial charge < -0.3 is 14.5 Å². The number of hydrogen-bond donors (Lipinski definition) is 1. The number of nitrogens with two attached hydrogens (primary N) is 1. The highest BCUT2D eigenvalue weighted by Gasteiger charge is 2.42. The van der Waals surface area contributed by atoms with Crippen LogP contribution in [0.2, 0.25) is 0 Å². The lowest BCUT2D eigenvalue weighted by Crippen LogP contribution is -2.36. The van der Waals surface area contributed by atoms with E-state index in [4.69, 9.17) is 15.5 Å². The molecule has 19 heavy (non-hydrogen) atoms. The summed E-state index contributed by atoms with van der Waals surface area (Å²) in [5.41, 5.74) is -0.439. The van der Waals surface area contributed by atoms with Crippen LogP contribution >= 0.6 is 0 Å². The van der Waals surface area contributed by atoms with Crippen molar-refractivity contribution in [3.05, 3.63) is 0 Å². The van der Waals surface area contributed by atoms with Gasteiger partial charge in [-0.15, -0.1) is 0 Å². The standard InChI is InChI=1S/C14H26N2O3/c1-14(2,3)19-13(17)16-7-11(9-18-15)12(8-16)10-5-4-6-10/h10-12H,4-9,15H2,1-3H3. The van der Waals surface area contributed by atoms with E-state index in [9.17, 15) is 4.79 Å². The van der Waals surface area contributed by atoms with Gasteiger partial charge in [-0.1, -0.05) is 19.3 Å². The molecular weight excluding hydrogens is 244 g/mol. The van der Waals surface area contributed by atoms with Crippen molar-refractivity contribution in [2.75, 3.05) is 19.7 Å². The molecular formula is C14H26N2O3. The zero-order chi connectivity index (χ0) is 14.0. The van der Waals surface area contributed by atoms with Gasteiger partial charge in [0, 0.05) is 19.0 Å². The molecule has 2 fully saturated rings. The Hall–Kier alpha value is -0.810. The summed E-state index contributed by atoms with van der Waals surface area (Å²) in [7, 11) is 0. The van der Waals surface area contributed by atoms with Crippen LogP contribution in [0.15, 0.2) is 0 Å². The molecule has 0 spiro atoms. The maximum absolute atomic E-state index is 12.1. The molecule has 2 N–H and O–H groups in total. The number of rotatable bonds is 3.